The number of nitrogens with zero attached hydrogens (tertiary/aromatic N) is 7. The van der Waals surface area contributed by atoms with Gasteiger partial charge in [-0.2, -0.15) is 10.1 Å². The highest BCUT2D eigenvalue weighted by atomic mass is 16.5. The van der Waals surface area contributed by atoms with E-state index >= 15 is 0 Å². The Morgan fingerprint density at radius 3 is 2.96 bits per heavy atom. The molecule has 1 saturated carbocycles. The third-order valence-corrected chi connectivity index (χ3v) is 4.78. The van der Waals surface area contributed by atoms with E-state index in [1.54, 1.807) is 6.33 Å². The van der Waals surface area contributed by atoms with E-state index in [0.29, 0.717) is 5.92 Å². The van der Waals surface area contributed by atoms with E-state index in [9.17, 15) is 0 Å². The Balaban J connectivity index is 1.46. The van der Waals surface area contributed by atoms with Gasteiger partial charge in [0.15, 0.2) is 5.82 Å². The first-order valence-electron chi connectivity index (χ1n) is 8.37. The molecule has 0 spiro atoms. The van der Waals surface area contributed by atoms with Crippen molar-refractivity contribution in [2.45, 2.75) is 44.8 Å². The fraction of sp³-hybridized carbons (Fsp3) is 0.733. The van der Waals surface area contributed by atoms with Gasteiger partial charge < -0.3 is 4.52 Å². The largest absolute Gasteiger partial charge is 0.338 e. The lowest BCUT2D eigenvalue weighted by Crippen LogP contribution is -2.46. The van der Waals surface area contributed by atoms with Crippen LogP contribution >= 0.6 is 0 Å². The van der Waals surface area contributed by atoms with E-state index < -0.39 is 0 Å². The van der Waals surface area contributed by atoms with Crippen LogP contribution in [-0.2, 0) is 13.1 Å². The van der Waals surface area contributed by atoms with Crippen LogP contribution in [0.15, 0.2) is 10.9 Å². The first-order chi connectivity index (χ1) is 11.2. The van der Waals surface area contributed by atoms with E-state index in [1.165, 1.54) is 12.8 Å². The van der Waals surface area contributed by atoms with Gasteiger partial charge in [0.05, 0.1) is 6.54 Å². The molecule has 1 aliphatic heterocycles. The second-order valence-corrected chi connectivity index (χ2v) is 6.49. The second kappa shape index (κ2) is 6.01. The van der Waals surface area contributed by atoms with E-state index in [2.05, 4.69) is 44.0 Å². The van der Waals surface area contributed by atoms with Crippen LogP contribution in [0.3, 0.4) is 0 Å². The number of piperazine rings is 1. The van der Waals surface area contributed by atoms with Gasteiger partial charge in [0.2, 0.25) is 5.89 Å². The Labute approximate surface area is 135 Å². The highest BCUT2D eigenvalue weighted by molar-refractivity contribution is 5.06. The van der Waals surface area contributed by atoms with Crippen LogP contribution < -0.4 is 0 Å². The first kappa shape index (κ1) is 14.8. The number of rotatable bonds is 5. The molecule has 0 unspecified atom stereocenters. The van der Waals surface area contributed by atoms with Crippen molar-refractivity contribution in [3.63, 3.8) is 0 Å². The van der Waals surface area contributed by atoms with Gasteiger partial charge >= 0.3 is 0 Å². The van der Waals surface area contributed by atoms with Crippen molar-refractivity contribution in [3.8, 4) is 0 Å². The molecule has 23 heavy (non-hydrogen) atoms. The molecule has 0 radical (unpaired) electrons. The highest BCUT2D eigenvalue weighted by Gasteiger charge is 2.34. The fourth-order valence-electron chi connectivity index (χ4n) is 3.11. The smallest absolute Gasteiger partial charge is 0.245 e. The van der Waals surface area contributed by atoms with Crippen LogP contribution in [0, 0.1) is 0 Å². The van der Waals surface area contributed by atoms with Crippen molar-refractivity contribution in [2.75, 3.05) is 26.7 Å². The molecule has 124 valence electrons. The van der Waals surface area contributed by atoms with Crippen LogP contribution in [0.1, 0.15) is 49.3 Å². The van der Waals surface area contributed by atoms with E-state index in [4.69, 9.17) is 4.52 Å². The Morgan fingerprint density at radius 2 is 2.17 bits per heavy atom. The first-order valence-corrected chi connectivity index (χ1v) is 8.37. The molecule has 1 aliphatic carbocycles. The predicted molar refractivity (Wildman–Crippen MR) is 82.6 cm³/mol. The molecule has 2 aromatic rings. The van der Waals surface area contributed by atoms with Gasteiger partial charge in [0.25, 0.3) is 0 Å². The third-order valence-electron chi connectivity index (χ3n) is 4.78. The summed E-state index contributed by atoms with van der Waals surface area (Å²) in [7, 11) is 2.12. The third kappa shape index (κ3) is 3.00. The Bertz CT molecular complexity index is 662. The van der Waals surface area contributed by atoms with Crippen molar-refractivity contribution in [1.82, 2.24) is 34.7 Å². The van der Waals surface area contributed by atoms with Gasteiger partial charge in [-0.05, 0) is 26.8 Å². The average molecular weight is 317 g/mol. The molecular weight excluding hydrogens is 294 g/mol. The minimum Gasteiger partial charge on any atom is -0.338 e. The molecule has 1 saturated heterocycles. The maximum absolute atomic E-state index is 5.54. The number of hydrogen-bond donors (Lipinski definition) is 0. The zero-order chi connectivity index (χ0) is 15.8. The monoisotopic (exact) mass is 317 g/mol. The SMILES string of the molecule is CCn1ncnc1CN1CCN(C)[C@@H](c2nc(C3CC3)no2)C1. The maximum Gasteiger partial charge on any atom is 0.245 e. The molecule has 3 heterocycles. The summed E-state index contributed by atoms with van der Waals surface area (Å²) in [5.74, 6) is 3.17. The van der Waals surface area contributed by atoms with Gasteiger partial charge in [-0.15, -0.1) is 0 Å². The van der Waals surface area contributed by atoms with Gasteiger partial charge in [-0.25, -0.2) is 9.67 Å². The zero-order valence-corrected chi connectivity index (χ0v) is 13.7. The summed E-state index contributed by atoms with van der Waals surface area (Å²) in [4.78, 5) is 13.7. The van der Waals surface area contributed by atoms with Crippen molar-refractivity contribution in [1.29, 1.82) is 0 Å². The Hall–Kier alpha value is -1.80. The van der Waals surface area contributed by atoms with Crippen molar-refractivity contribution in [2.24, 2.45) is 0 Å². The second-order valence-electron chi connectivity index (χ2n) is 6.49. The molecule has 2 fully saturated rings. The fourth-order valence-corrected chi connectivity index (χ4v) is 3.11. The van der Waals surface area contributed by atoms with Crippen molar-refractivity contribution >= 4 is 0 Å². The van der Waals surface area contributed by atoms with Crippen molar-refractivity contribution < 1.29 is 4.52 Å². The van der Waals surface area contributed by atoms with E-state index in [1.807, 2.05) is 4.68 Å². The van der Waals surface area contributed by atoms with Crippen LogP contribution in [0.25, 0.3) is 0 Å². The minimum absolute atomic E-state index is 0.154. The van der Waals surface area contributed by atoms with Crippen LogP contribution in [0.2, 0.25) is 0 Å². The summed E-state index contributed by atoms with van der Waals surface area (Å²) in [5.41, 5.74) is 0. The molecule has 8 heteroatoms. The van der Waals surface area contributed by atoms with Crippen LogP contribution in [0.5, 0.6) is 0 Å². The lowest BCUT2D eigenvalue weighted by atomic mass is 10.1. The summed E-state index contributed by atoms with van der Waals surface area (Å²) in [6, 6.07) is 0.154. The summed E-state index contributed by atoms with van der Waals surface area (Å²) in [5, 5.41) is 8.41. The van der Waals surface area contributed by atoms with Crippen LogP contribution in [0.4, 0.5) is 0 Å². The summed E-state index contributed by atoms with van der Waals surface area (Å²) >= 11 is 0. The van der Waals surface area contributed by atoms with Crippen LogP contribution in [-0.4, -0.2) is 61.4 Å². The lowest BCUT2D eigenvalue weighted by molar-refractivity contribution is 0.0691. The molecule has 8 nitrogen and oxygen atoms in total. The van der Waals surface area contributed by atoms with Gasteiger partial charge in [-0.3, -0.25) is 9.80 Å². The van der Waals surface area contributed by atoms with Gasteiger partial charge in [-0.1, -0.05) is 5.16 Å². The van der Waals surface area contributed by atoms with E-state index in [0.717, 1.165) is 50.3 Å². The molecule has 0 amide bonds. The summed E-state index contributed by atoms with van der Waals surface area (Å²) < 4.78 is 7.49. The zero-order valence-electron chi connectivity index (χ0n) is 13.7. The van der Waals surface area contributed by atoms with Gasteiger partial charge in [0, 0.05) is 32.1 Å². The van der Waals surface area contributed by atoms with Crippen molar-refractivity contribution in [3.05, 3.63) is 23.9 Å². The molecule has 0 aromatic carbocycles. The maximum atomic E-state index is 5.54. The quantitative estimate of drug-likeness (QED) is 0.815. The number of aromatic nitrogens is 5. The van der Waals surface area contributed by atoms with Gasteiger partial charge in [0.1, 0.15) is 18.2 Å². The lowest BCUT2D eigenvalue weighted by Gasteiger charge is -2.37. The topological polar surface area (TPSA) is 76.1 Å². The average Bonchev–Trinajstić information content (AvgIpc) is 3.12. The number of likely N-dealkylation sites (N-methyl/N-ethyl adjacent to an activating group) is 1. The standard InChI is InChI=1S/C15H23N7O/c1-3-22-13(16-10-17-22)9-21-7-6-20(2)12(8-21)15-18-14(19-23-15)11-4-5-11/h10-12H,3-9H2,1-2H3/t12-/m1/s1. The molecule has 1 atom stereocenters. The van der Waals surface area contributed by atoms with E-state index in [-0.39, 0.29) is 6.04 Å². The molecule has 0 bridgehead atoms. The molecule has 0 N–H and O–H groups in total. The summed E-state index contributed by atoms with van der Waals surface area (Å²) in [6.45, 7) is 6.60. The molecule has 2 aromatic heterocycles. The Kier molecular flexibility index (Phi) is 3.86. The highest BCUT2D eigenvalue weighted by Crippen LogP contribution is 2.38. The number of aryl methyl sites for hydroxylation is 1. The molecule has 4 rings (SSSR count). The Morgan fingerprint density at radius 1 is 1.30 bits per heavy atom. The number of hydrogen-bond acceptors (Lipinski definition) is 7. The summed E-state index contributed by atoms with van der Waals surface area (Å²) in [6.07, 6.45) is 4.02. The normalized spacial score (nSPS) is 23.5. The minimum atomic E-state index is 0.154. The molecule has 2 aliphatic rings. The predicted octanol–water partition coefficient (Wildman–Crippen LogP) is 1.05. The molecular formula is C15H23N7O.